The van der Waals surface area contributed by atoms with Gasteiger partial charge >= 0.3 is 6.03 Å². The summed E-state index contributed by atoms with van der Waals surface area (Å²) in [5.74, 6) is 0.739. The van der Waals surface area contributed by atoms with Crippen LogP contribution >= 0.6 is 22.7 Å². The summed E-state index contributed by atoms with van der Waals surface area (Å²) in [5, 5.41) is 8.53. The molecular formula is C24H30N4OS2. The smallest absolute Gasteiger partial charge is 0.320 e. The Balaban J connectivity index is 1.33. The fourth-order valence-electron chi connectivity index (χ4n) is 4.79. The Kier molecular flexibility index (Phi) is 5.67. The standard InChI is InChI=1S/C24H30N4OS2/c1-15-6-7-17-16(2)22(30-20(17)12-15)26-24(29)25-13-19-18-8-11-27(3)14-21(18)31-23(19)28-9-4-5-10-28/h4-5,9-10,15H,6-8,11-14H2,1-3H3,(H2,25,26,29). The van der Waals surface area contributed by atoms with Gasteiger partial charge in [-0.3, -0.25) is 5.32 Å². The van der Waals surface area contributed by atoms with Gasteiger partial charge in [0.2, 0.25) is 0 Å². The molecule has 0 fully saturated rings. The van der Waals surface area contributed by atoms with E-state index in [-0.39, 0.29) is 6.03 Å². The van der Waals surface area contributed by atoms with Crippen molar-refractivity contribution in [2.75, 3.05) is 18.9 Å². The lowest BCUT2D eigenvalue weighted by molar-refractivity contribution is 0.251. The van der Waals surface area contributed by atoms with Gasteiger partial charge in [0.15, 0.2) is 0 Å². The first-order valence-corrected chi connectivity index (χ1v) is 12.7. The molecule has 0 saturated heterocycles. The third-order valence-electron chi connectivity index (χ3n) is 6.60. The number of anilines is 1. The molecule has 0 bridgehead atoms. The zero-order valence-electron chi connectivity index (χ0n) is 18.5. The Morgan fingerprint density at radius 3 is 2.77 bits per heavy atom. The summed E-state index contributed by atoms with van der Waals surface area (Å²) < 4.78 is 2.18. The molecule has 0 aromatic carbocycles. The van der Waals surface area contributed by atoms with Gasteiger partial charge in [-0.05, 0) is 74.4 Å². The van der Waals surface area contributed by atoms with E-state index in [2.05, 4.69) is 65.5 Å². The minimum Gasteiger partial charge on any atom is -0.334 e. The first-order chi connectivity index (χ1) is 15.0. The van der Waals surface area contributed by atoms with E-state index in [0.717, 1.165) is 43.3 Å². The van der Waals surface area contributed by atoms with Gasteiger partial charge in [-0.25, -0.2) is 4.79 Å². The minimum atomic E-state index is -0.110. The van der Waals surface area contributed by atoms with Crippen molar-refractivity contribution in [3.8, 4) is 5.00 Å². The third kappa shape index (κ3) is 4.06. The summed E-state index contributed by atoms with van der Waals surface area (Å²) >= 11 is 3.61. The molecule has 3 aromatic rings. The molecule has 0 saturated carbocycles. The average Bonchev–Trinajstić information content (AvgIpc) is 3.44. The van der Waals surface area contributed by atoms with Crippen molar-refractivity contribution in [1.29, 1.82) is 0 Å². The topological polar surface area (TPSA) is 49.3 Å². The highest BCUT2D eigenvalue weighted by Gasteiger charge is 2.25. The largest absolute Gasteiger partial charge is 0.334 e. The van der Waals surface area contributed by atoms with Crippen molar-refractivity contribution >= 4 is 33.7 Å². The predicted molar refractivity (Wildman–Crippen MR) is 130 cm³/mol. The van der Waals surface area contributed by atoms with Gasteiger partial charge in [-0.15, -0.1) is 22.7 Å². The van der Waals surface area contributed by atoms with Crippen LogP contribution in [-0.2, 0) is 32.4 Å². The van der Waals surface area contributed by atoms with Crippen molar-refractivity contribution in [2.45, 2.75) is 52.6 Å². The van der Waals surface area contributed by atoms with Crippen LogP contribution in [0.25, 0.3) is 5.00 Å². The quantitative estimate of drug-likeness (QED) is 0.559. The summed E-state index contributed by atoms with van der Waals surface area (Å²) in [4.78, 5) is 18.1. The lowest BCUT2D eigenvalue weighted by Gasteiger charge is -2.22. The first kappa shape index (κ1) is 20.8. The highest BCUT2D eigenvalue weighted by molar-refractivity contribution is 7.16. The monoisotopic (exact) mass is 454 g/mol. The van der Waals surface area contributed by atoms with Crippen LogP contribution in [0.5, 0.6) is 0 Å². The molecule has 2 amide bonds. The summed E-state index contributed by atoms with van der Waals surface area (Å²) in [5.41, 5.74) is 5.40. The van der Waals surface area contributed by atoms with E-state index >= 15 is 0 Å². The highest BCUT2D eigenvalue weighted by Crippen LogP contribution is 2.39. The normalized spacial score (nSPS) is 18.5. The number of amides is 2. The molecule has 5 nitrogen and oxygen atoms in total. The molecule has 3 aromatic heterocycles. The van der Waals surface area contributed by atoms with Crippen molar-refractivity contribution in [1.82, 2.24) is 14.8 Å². The van der Waals surface area contributed by atoms with Crippen LogP contribution in [0.2, 0.25) is 0 Å². The molecule has 1 aliphatic heterocycles. The number of aromatic nitrogens is 1. The molecule has 0 spiro atoms. The Bertz CT molecular complexity index is 1100. The zero-order chi connectivity index (χ0) is 21.5. The van der Waals surface area contributed by atoms with Gasteiger partial charge in [0.05, 0.1) is 5.00 Å². The lowest BCUT2D eigenvalue weighted by atomic mass is 9.89. The first-order valence-electron chi connectivity index (χ1n) is 11.1. The highest BCUT2D eigenvalue weighted by atomic mass is 32.1. The van der Waals surface area contributed by atoms with Crippen LogP contribution in [0.1, 0.15) is 45.4 Å². The Hall–Kier alpha value is -2.09. The van der Waals surface area contributed by atoms with Gasteiger partial charge in [-0.2, -0.15) is 0 Å². The van der Waals surface area contributed by atoms with Crippen LogP contribution in [0, 0.1) is 12.8 Å². The van der Waals surface area contributed by atoms with Gasteiger partial charge in [0.1, 0.15) is 5.00 Å². The molecule has 1 aliphatic carbocycles. The third-order valence-corrected chi connectivity index (χ3v) is 9.15. The summed E-state index contributed by atoms with van der Waals surface area (Å²) in [7, 11) is 2.17. The fourth-order valence-corrected chi connectivity index (χ4v) is 7.61. The van der Waals surface area contributed by atoms with E-state index in [9.17, 15) is 4.79 Å². The predicted octanol–water partition coefficient (Wildman–Crippen LogP) is 5.34. The number of likely N-dealkylation sites (N-methyl/N-ethyl adjacent to an activating group) is 1. The number of fused-ring (bicyclic) bond motifs is 2. The second-order valence-electron chi connectivity index (χ2n) is 8.98. The van der Waals surface area contributed by atoms with Gasteiger partial charge in [0.25, 0.3) is 0 Å². The average molecular weight is 455 g/mol. The van der Waals surface area contributed by atoms with Crippen molar-refractivity contribution < 1.29 is 4.79 Å². The maximum atomic E-state index is 12.8. The maximum Gasteiger partial charge on any atom is 0.320 e. The number of carbonyl (C=O) groups excluding carboxylic acids is 1. The molecule has 31 heavy (non-hydrogen) atoms. The van der Waals surface area contributed by atoms with Crippen LogP contribution < -0.4 is 10.6 Å². The van der Waals surface area contributed by atoms with E-state index in [1.165, 1.54) is 43.4 Å². The number of nitrogens with zero attached hydrogens (tertiary/aromatic N) is 2. The van der Waals surface area contributed by atoms with Gasteiger partial charge < -0.3 is 14.8 Å². The molecular weight excluding hydrogens is 424 g/mol. The second-order valence-corrected chi connectivity index (χ2v) is 11.2. The van der Waals surface area contributed by atoms with Crippen molar-refractivity contribution in [2.24, 2.45) is 5.92 Å². The SMILES string of the molecule is Cc1c(NC(=O)NCc2c(-n3cccc3)sc3c2CCN(C)C3)sc2c1CCC(C)C2. The lowest BCUT2D eigenvalue weighted by Crippen LogP contribution is -2.30. The Labute approximate surface area is 192 Å². The van der Waals surface area contributed by atoms with Gasteiger partial charge in [0, 0.05) is 47.3 Å². The molecule has 4 heterocycles. The Morgan fingerprint density at radius 1 is 1.16 bits per heavy atom. The number of rotatable bonds is 4. The minimum absolute atomic E-state index is 0.110. The van der Waals surface area contributed by atoms with E-state index in [1.54, 1.807) is 11.3 Å². The fraction of sp³-hybridized carbons (Fsp3) is 0.458. The number of nitrogens with one attached hydrogen (secondary N) is 2. The number of thiophene rings is 2. The summed E-state index contributed by atoms with van der Waals surface area (Å²) in [6, 6.07) is 3.99. The van der Waals surface area contributed by atoms with E-state index in [4.69, 9.17) is 0 Å². The molecule has 0 radical (unpaired) electrons. The summed E-state index contributed by atoms with van der Waals surface area (Å²) in [6.07, 6.45) is 8.74. The van der Waals surface area contributed by atoms with E-state index < -0.39 is 0 Å². The van der Waals surface area contributed by atoms with Crippen LogP contribution in [0.4, 0.5) is 9.80 Å². The number of carbonyl (C=O) groups is 1. The molecule has 5 rings (SSSR count). The van der Waals surface area contributed by atoms with E-state index in [1.807, 2.05) is 11.3 Å². The molecule has 164 valence electrons. The van der Waals surface area contributed by atoms with Crippen molar-refractivity contribution in [3.05, 3.63) is 56.5 Å². The second kappa shape index (κ2) is 8.45. The molecule has 2 N–H and O–H groups in total. The number of urea groups is 1. The van der Waals surface area contributed by atoms with Crippen molar-refractivity contribution in [3.63, 3.8) is 0 Å². The Morgan fingerprint density at radius 2 is 1.97 bits per heavy atom. The number of hydrogen-bond donors (Lipinski definition) is 2. The molecule has 1 unspecified atom stereocenters. The van der Waals surface area contributed by atoms with Crippen LogP contribution in [-0.4, -0.2) is 29.1 Å². The van der Waals surface area contributed by atoms with Crippen LogP contribution in [0.15, 0.2) is 24.5 Å². The summed E-state index contributed by atoms with van der Waals surface area (Å²) in [6.45, 7) is 7.07. The van der Waals surface area contributed by atoms with Gasteiger partial charge in [-0.1, -0.05) is 6.92 Å². The maximum absolute atomic E-state index is 12.8. The zero-order valence-corrected chi connectivity index (χ0v) is 20.1. The van der Waals surface area contributed by atoms with Crippen LogP contribution in [0.3, 0.4) is 0 Å². The molecule has 2 aliphatic rings. The molecule has 7 heteroatoms. The molecule has 1 atom stereocenters. The van der Waals surface area contributed by atoms with E-state index in [0.29, 0.717) is 6.54 Å². The number of hydrogen-bond acceptors (Lipinski definition) is 4.